The second kappa shape index (κ2) is 6.09. The van der Waals surface area contributed by atoms with Gasteiger partial charge in [0.1, 0.15) is 6.61 Å². The zero-order chi connectivity index (χ0) is 14.8. The fourth-order valence-electron chi connectivity index (χ4n) is 3.65. The van der Waals surface area contributed by atoms with E-state index in [4.69, 9.17) is 4.84 Å². The second-order valence-electron chi connectivity index (χ2n) is 6.23. The summed E-state index contributed by atoms with van der Waals surface area (Å²) in [6.07, 6.45) is 4.72. The van der Waals surface area contributed by atoms with Gasteiger partial charge in [-0.15, -0.1) is 0 Å². The highest BCUT2D eigenvalue weighted by atomic mass is 16.6. The van der Waals surface area contributed by atoms with E-state index >= 15 is 0 Å². The topological polar surface area (TPSA) is 24.8 Å². The van der Waals surface area contributed by atoms with Gasteiger partial charge in [0.05, 0.1) is 5.71 Å². The van der Waals surface area contributed by atoms with Crippen LogP contribution in [-0.2, 0) is 11.3 Å². The van der Waals surface area contributed by atoms with Crippen molar-refractivity contribution in [3.05, 3.63) is 47.5 Å². The lowest BCUT2D eigenvalue weighted by molar-refractivity contribution is 0.118. The number of benzene rings is 2. The van der Waals surface area contributed by atoms with E-state index in [1.54, 1.807) is 0 Å². The third-order valence-electron chi connectivity index (χ3n) is 4.84. The predicted molar refractivity (Wildman–Crippen MR) is 90.4 cm³/mol. The van der Waals surface area contributed by atoms with Gasteiger partial charge in [-0.1, -0.05) is 41.6 Å². The predicted octanol–water partition coefficient (Wildman–Crippen LogP) is 3.60. The monoisotopic (exact) mass is 294 g/mol. The maximum Gasteiger partial charge on any atom is 0.129 e. The summed E-state index contributed by atoms with van der Waals surface area (Å²) in [5, 5.41) is 7.10. The summed E-state index contributed by atoms with van der Waals surface area (Å²) in [5.74, 6) is 0. The van der Waals surface area contributed by atoms with Crippen molar-refractivity contribution in [3.8, 4) is 0 Å². The van der Waals surface area contributed by atoms with E-state index < -0.39 is 0 Å². The van der Waals surface area contributed by atoms with Gasteiger partial charge in [0, 0.05) is 12.1 Å². The molecule has 1 heterocycles. The van der Waals surface area contributed by atoms with Crippen LogP contribution in [0, 0.1) is 0 Å². The number of aryl methyl sites for hydroxylation is 1. The number of hydrogen-bond acceptors (Lipinski definition) is 3. The lowest BCUT2D eigenvalue weighted by atomic mass is 10.0. The van der Waals surface area contributed by atoms with Crippen molar-refractivity contribution < 1.29 is 4.84 Å². The molecule has 22 heavy (non-hydrogen) atoms. The minimum atomic E-state index is 0.701. The van der Waals surface area contributed by atoms with Crippen LogP contribution in [0.3, 0.4) is 0 Å². The van der Waals surface area contributed by atoms with Crippen molar-refractivity contribution in [2.24, 2.45) is 5.16 Å². The number of oxime groups is 1. The Hall–Kier alpha value is -1.87. The summed E-state index contributed by atoms with van der Waals surface area (Å²) < 4.78 is 0. The van der Waals surface area contributed by atoms with Gasteiger partial charge in [-0.2, -0.15) is 0 Å². The van der Waals surface area contributed by atoms with Gasteiger partial charge >= 0.3 is 0 Å². The molecule has 0 amide bonds. The van der Waals surface area contributed by atoms with Crippen LogP contribution in [0.15, 0.2) is 41.6 Å². The SMILES string of the molecule is c1ccc2c3c(ccc2c1)/C(=N/OCCN1CCCC1)CC3. The second-order valence-corrected chi connectivity index (χ2v) is 6.23. The molecule has 114 valence electrons. The minimum Gasteiger partial charge on any atom is -0.394 e. The third-order valence-corrected chi connectivity index (χ3v) is 4.84. The number of hydrogen-bond donors (Lipinski definition) is 0. The normalized spacial score (nSPS) is 19.9. The largest absolute Gasteiger partial charge is 0.394 e. The smallest absolute Gasteiger partial charge is 0.129 e. The molecule has 3 nitrogen and oxygen atoms in total. The average Bonchev–Trinajstić information content (AvgIpc) is 3.21. The molecule has 0 spiro atoms. The van der Waals surface area contributed by atoms with E-state index in [9.17, 15) is 0 Å². The first-order valence-corrected chi connectivity index (χ1v) is 8.34. The maximum absolute atomic E-state index is 5.59. The fourth-order valence-corrected chi connectivity index (χ4v) is 3.65. The molecule has 1 aliphatic heterocycles. The van der Waals surface area contributed by atoms with Crippen molar-refractivity contribution in [2.75, 3.05) is 26.2 Å². The molecule has 0 saturated carbocycles. The average molecular weight is 294 g/mol. The molecule has 0 unspecified atom stereocenters. The van der Waals surface area contributed by atoms with Crippen LogP contribution in [0.1, 0.15) is 30.4 Å². The first-order chi connectivity index (χ1) is 10.9. The highest BCUT2D eigenvalue weighted by Gasteiger charge is 2.20. The summed E-state index contributed by atoms with van der Waals surface area (Å²) in [4.78, 5) is 8.05. The molecule has 2 aromatic rings. The standard InChI is InChI=1S/C19H22N2O/c1-2-6-16-15(5-1)7-8-18-17(16)9-10-19(18)20-22-14-13-21-11-3-4-12-21/h1-2,5-8H,3-4,9-14H2/b20-19+. The summed E-state index contributed by atoms with van der Waals surface area (Å²) in [7, 11) is 0. The fraction of sp³-hybridized carbons (Fsp3) is 0.421. The summed E-state index contributed by atoms with van der Waals surface area (Å²) in [6, 6.07) is 13.0. The first-order valence-electron chi connectivity index (χ1n) is 8.34. The van der Waals surface area contributed by atoms with Crippen LogP contribution in [0.5, 0.6) is 0 Å². The van der Waals surface area contributed by atoms with Crippen molar-refractivity contribution >= 4 is 16.5 Å². The molecule has 0 N–H and O–H groups in total. The molecule has 4 rings (SSSR count). The van der Waals surface area contributed by atoms with Gasteiger partial charge in [0.25, 0.3) is 0 Å². The highest BCUT2D eigenvalue weighted by Crippen LogP contribution is 2.30. The Kier molecular flexibility index (Phi) is 3.81. The molecule has 1 aliphatic carbocycles. The van der Waals surface area contributed by atoms with Gasteiger partial charge in [0.15, 0.2) is 0 Å². The number of nitrogens with zero attached hydrogens (tertiary/aromatic N) is 2. The summed E-state index contributed by atoms with van der Waals surface area (Å²) >= 11 is 0. The molecule has 3 heteroatoms. The minimum absolute atomic E-state index is 0.701. The van der Waals surface area contributed by atoms with E-state index in [-0.39, 0.29) is 0 Å². The molecule has 0 bridgehead atoms. The Bertz CT molecular complexity index is 702. The van der Waals surface area contributed by atoms with E-state index in [0.717, 1.165) is 25.1 Å². The van der Waals surface area contributed by atoms with Crippen molar-refractivity contribution in [1.29, 1.82) is 0 Å². The molecule has 0 aromatic heterocycles. The first kappa shape index (κ1) is 13.8. The maximum atomic E-state index is 5.59. The molecular formula is C19H22N2O. The Balaban J connectivity index is 1.47. The van der Waals surface area contributed by atoms with Gasteiger partial charge in [-0.3, -0.25) is 4.90 Å². The van der Waals surface area contributed by atoms with E-state index in [0.29, 0.717) is 6.61 Å². The number of fused-ring (bicyclic) bond motifs is 3. The highest BCUT2D eigenvalue weighted by molar-refractivity contribution is 6.08. The lowest BCUT2D eigenvalue weighted by Crippen LogP contribution is -2.23. The van der Waals surface area contributed by atoms with Crippen LogP contribution < -0.4 is 0 Å². The molecular weight excluding hydrogens is 272 g/mol. The van der Waals surface area contributed by atoms with Gasteiger partial charge in [0.2, 0.25) is 0 Å². The number of rotatable bonds is 4. The van der Waals surface area contributed by atoms with Crippen molar-refractivity contribution in [3.63, 3.8) is 0 Å². The summed E-state index contributed by atoms with van der Waals surface area (Å²) in [6.45, 7) is 4.14. The van der Waals surface area contributed by atoms with Gasteiger partial charge in [-0.05, 0) is 55.1 Å². The van der Waals surface area contributed by atoms with Gasteiger partial charge in [-0.25, -0.2) is 0 Å². The Labute approximate surface area is 131 Å². The zero-order valence-corrected chi connectivity index (χ0v) is 12.9. The Morgan fingerprint density at radius 2 is 1.86 bits per heavy atom. The molecule has 1 fully saturated rings. The van der Waals surface area contributed by atoms with Crippen LogP contribution in [0.2, 0.25) is 0 Å². The quantitative estimate of drug-likeness (QED) is 0.636. The number of likely N-dealkylation sites (tertiary alicyclic amines) is 1. The molecule has 2 aromatic carbocycles. The Morgan fingerprint density at radius 3 is 2.77 bits per heavy atom. The zero-order valence-electron chi connectivity index (χ0n) is 12.9. The molecule has 0 atom stereocenters. The van der Waals surface area contributed by atoms with Crippen LogP contribution in [0.4, 0.5) is 0 Å². The van der Waals surface area contributed by atoms with E-state index in [2.05, 4.69) is 46.5 Å². The van der Waals surface area contributed by atoms with Crippen molar-refractivity contribution in [1.82, 2.24) is 4.90 Å². The Morgan fingerprint density at radius 1 is 1.00 bits per heavy atom. The van der Waals surface area contributed by atoms with Crippen molar-refractivity contribution in [2.45, 2.75) is 25.7 Å². The molecule has 0 radical (unpaired) electrons. The third kappa shape index (κ3) is 2.61. The van der Waals surface area contributed by atoms with E-state index in [1.165, 1.54) is 47.8 Å². The molecule has 2 aliphatic rings. The van der Waals surface area contributed by atoms with Crippen LogP contribution in [-0.4, -0.2) is 36.9 Å². The van der Waals surface area contributed by atoms with E-state index in [1.807, 2.05) is 0 Å². The van der Waals surface area contributed by atoms with Crippen LogP contribution in [0.25, 0.3) is 10.8 Å². The van der Waals surface area contributed by atoms with Gasteiger partial charge < -0.3 is 4.84 Å². The molecule has 1 saturated heterocycles. The van der Waals surface area contributed by atoms with Crippen LogP contribution >= 0.6 is 0 Å². The summed E-state index contributed by atoms with van der Waals surface area (Å²) in [5.41, 5.74) is 3.82. The lowest BCUT2D eigenvalue weighted by Gasteiger charge is -2.12.